The number of rotatable bonds is 7. The summed E-state index contributed by atoms with van der Waals surface area (Å²) in [5.41, 5.74) is 11.8. The van der Waals surface area contributed by atoms with Gasteiger partial charge >= 0.3 is 5.97 Å². The maximum absolute atomic E-state index is 10.5. The van der Waals surface area contributed by atoms with Crippen molar-refractivity contribution >= 4 is 22.7 Å². The Morgan fingerprint density at radius 1 is 1.53 bits per heavy atom. The summed E-state index contributed by atoms with van der Waals surface area (Å²) in [6, 6.07) is -1.23. The second-order valence-electron chi connectivity index (χ2n) is 3.47. The third-order valence-corrected chi connectivity index (χ3v) is 1.50. The molecule has 0 aliphatic rings. The van der Waals surface area contributed by atoms with Crippen LogP contribution in [0.4, 0.5) is 0 Å². The van der Waals surface area contributed by atoms with Crippen LogP contribution in [0.5, 0.6) is 0 Å². The van der Waals surface area contributed by atoms with Crippen molar-refractivity contribution in [2.75, 3.05) is 19.1 Å². The molecule has 0 bridgehead atoms. The summed E-state index contributed by atoms with van der Waals surface area (Å²) in [6.07, 6.45) is 3.70. The maximum Gasteiger partial charge on any atom is 0.332 e. The highest BCUT2D eigenvalue weighted by Crippen LogP contribution is 1.98. The predicted molar refractivity (Wildman–Crippen MR) is 71.5 cm³/mol. The molecule has 0 saturated carbocycles. The summed E-state index contributed by atoms with van der Waals surface area (Å²) < 4.78 is 9.56. The number of nitrogens with two attached hydrogens (primary N) is 2. The van der Waals surface area contributed by atoms with Crippen LogP contribution in [0, 0.1) is 10.1 Å². The van der Waals surface area contributed by atoms with Gasteiger partial charge in [-0.25, -0.2) is 14.9 Å². The molecule has 0 heterocycles. The summed E-state index contributed by atoms with van der Waals surface area (Å²) in [7, 11) is -0.611. The van der Waals surface area contributed by atoms with Crippen LogP contribution in [0.25, 0.3) is 0 Å². The lowest BCUT2D eigenvalue weighted by molar-refractivity contribution is -0.549. The van der Waals surface area contributed by atoms with E-state index in [2.05, 4.69) is 4.99 Å². The number of carboxylic acids is 1. The first-order valence-electron chi connectivity index (χ1n) is 5.10. The lowest BCUT2D eigenvalue weighted by Crippen LogP contribution is -2.40. The summed E-state index contributed by atoms with van der Waals surface area (Å²) in [5, 5.41) is 17.7. The van der Waals surface area contributed by atoms with E-state index in [1.54, 1.807) is 17.9 Å². The topological polar surface area (TPSA) is 174 Å². The molecule has 0 aliphatic heterocycles. The Morgan fingerprint density at radius 3 is 2.32 bits per heavy atom. The van der Waals surface area contributed by atoms with E-state index in [-0.39, 0.29) is 18.9 Å². The predicted octanol–water partition coefficient (Wildman–Crippen LogP) is -1.73. The highest BCUT2D eigenvalue weighted by atomic mass is 32.2. The summed E-state index contributed by atoms with van der Waals surface area (Å²) >= 11 is 0. The smallest absolute Gasteiger partial charge is 0.332 e. The van der Waals surface area contributed by atoms with E-state index >= 15 is 0 Å². The van der Waals surface area contributed by atoms with Gasteiger partial charge in [-0.3, -0.25) is 9.20 Å². The molecule has 1 atom stereocenters. The van der Waals surface area contributed by atoms with Crippen LogP contribution in [0.1, 0.15) is 12.8 Å². The zero-order valence-corrected chi connectivity index (χ0v) is 11.6. The second kappa shape index (κ2) is 11.2. The molecule has 0 amide bonds. The SMILES string of the molecule is CS(C)=O.NC(N)=NCCC[C@H](N[N+](=O)[O-])C(=O)O. The highest BCUT2D eigenvalue weighted by molar-refractivity contribution is 7.83. The van der Waals surface area contributed by atoms with E-state index in [4.69, 9.17) is 16.6 Å². The monoisotopic (exact) mass is 297 g/mol. The molecule has 19 heavy (non-hydrogen) atoms. The largest absolute Gasteiger partial charge is 0.480 e. The molecule has 0 saturated heterocycles. The van der Waals surface area contributed by atoms with Gasteiger partial charge in [0.25, 0.3) is 0 Å². The molecule has 6 N–H and O–H groups in total. The first-order valence-corrected chi connectivity index (χ1v) is 7.07. The molecule has 0 unspecified atom stereocenters. The van der Waals surface area contributed by atoms with Gasteiger partial charge in [0.2, 0.25) is 0 Å². The number of hydrazine groups is 1. The molecule has 0 aromatic heterocycles. The molecular formula is C8H19N5O5S. The quantitative estimate of drug-likeness (QED) is 0.141. The van der Waals surface area contributed by atoms with Gasteiger partial charge in [0.15, 0.2) is 17.0 Å². The molecule has 0 aliphatic carbocycles. The average molecular weight is 297 g/mol. The Labute approximate surface area is 112 Å². The van der Waals surface area contributed by atoms with Crippen molar-refractivity contribution in [1.29, 1.82) is 0 Å². The number of aliphatic imine (C=N–C) groups is 1. The molecule has 0 fully saturated rings. The molecule has 11 heteroatoms. The van der Waals surface area contributed by atoms with Gasteiger partial charge in [-0.15, -0.1) is 5.43 Å². The molecular weight excluding hydrogens is 278 g/mol. The summed E-state index contributed by atoms with van der Waals surface area (Å²) in [4.78, 5) is 24.1. The third kappa shape index (κ3) is 18.6. The maximum atomic E-state index is 10.5. The van der Waals surface area contributed by atoms with E-state index < -0.39 is 27.8 Å². The number of carboxylic acid groups (broad SMARTS) is 1. The Hall–Kier alpha value is -1.91. The Kier molecular flexibility index (Phi) is 11.4. The molecule has 0 rings (SSSR count). The average Bonchev–Trinajstić information content (AvgIpc) is 2.20. The number of hydrogen-bond acceptors (Lipinski definition) is 5. The number of hydrogen-bond donors (Lipinski definition) is 4. The van der Waals surface area contributed by atoms with Gasteiger partial charge in [-0.2, -0.15) is 0 Å². The standard InChI is InChI=1S/C6H13N5O4.C2H6OS/c7-6(8)9-3-1-2-4(5(12)13)10-11(14)15;1-4(2)3/h4,10H,1-3H2,(H,12,13)(H4,7,8,9);1-2H3/t4-;/m0./s1. The van der Waals surface area contributed by atoms with Crippen LogP contribution >= 0.6 is 0 Å². The van der Waals surface area contributed by atoms with Gasteiger partial charge in [0, 0.05) is 29.9 Å². The fourth-order valence-corrected chi connectivity index (χ4v) is 0.874. The Bertz CT molecular complexity index is 340. The van der Waals surface area contributed by atoms with Crippen molar-refractivity contribution < 1.29 is 19.1 Å². The number of nitro groups is 1. The molecule has 10 nitrogen and oxygen atoms in total. The number of nitrogens with zero attached hydrogens (tertiary/aromatic N) is 2. The number of nitrogens with one attached hydrogen (secondary N) is 1. The van der Waals surface area contributed by atoms with Crippen LogP contribution in [-0.4, -0.2) is 51.4 Å². The zero-order chi connectivity index (χ0) is 15.4. The number of guanidine groups is 1. The van der Waals surface area contributed by atoms with Gasteiger partial charge < -0.3 is 16.6 Å². The third-order valence-electron chi connectivity index (χ3n) is 1.50. The summed E-state index contributed by atoms with van der Waals surface area (Å²) in [5.74, 6) is -1.37. The van der Waals surface area contributed by atoms with E-state index in [1.165, 1.54) is 0 Å². The van der Waals surface area contributed by atoms with Crippen molar-refractivity contribution in [1.82, 2.24) is 5.43 Å². The minimum absolute atomic E-state index is 0.0765. The minimum atomic E-state index is -1.28. The zero-order valence-electron chi connectivity index (χ0n) is 10.7. The Morgan fingerprint density at radius 2 is 2.00 bits per heavy atom. The van der Waals surface area contributed by atoms with E-state index in [0.717, 1.165) is 0 Å². The van der Waals surface area contributed by atoms with Crippen LogP contribution in [0.2, 0.25) is 0 Å². The van der Waals surface area contributed by atoms with Crippen LogP contribution < -0.4 is 16.9 Å². The fraction of sp³-hybridized carbons (Fsp3) is 0.750. The number of aliphatic carboxylic acids is 1. The summed E-state index contributed by atoms with van der Waals surface area (Å²) in [6.45, 7) is 0.242. The molecule has 0 radical (unpaired) electrons. The van der Waals surface area contributed by atoms with E-state index in [0.29, 0.717) is 6.42 Å². The van der Waals surface area contributed by atoms with Crippen LogP contribution in [0.15, 0.2) is 4.99 Å². The van der Waals surface area contributed by atoms with Crippen molar-refractivity contribution in [3.8, 4) is 0 Å². The molecule has 112 valence electrons. The van der Waals surface area contributed by atoms with Gasteiger partial charge in [-0.05, 0) is 12.8 Å². The number of carbonyl (C=O) groups is 1. The van der Waals surface area contributed by atoms with Crippen LogP contribution in [0.3, 0.4) is 0 Å². The Balaban J connectivity index is 0. The fourth-order valence-electron chi connectivity index (χ4n) is 0.874. The lowest BCUT2D eigenvalue weighted by Gasteiger charge is -2.07. The van der Waals surface area contributed by atoms with Gasteiger partial charge in [0.1, 0.15) is 0 Å². The van der Waals surface area contributed by atoms with Gasteiger partial charge in [-0.1, -0.05) is 0 Å². The molecule has 0 aromatic carbocycles. The molecule has 0 aromatic rings. The normalized spacial score (nSPS) is 10.9. The second-order valence-corrected chi connectivity index (χ2v) is 4.95. The van der Waals surface area contributed by atoms with Gasteiger partial charge in [0.05, 0.1) is 0 Å². The van der Waals surface area contributed by atoms with Crippen molar-refractivity contribution in [2.24, 2.45) is 16.5 Å². The van der Waals surface area contributed by atoms with Crippen molar-refractivity contribution in [3.05, 3.63) is 10.1 Å². The van der Waals surface area contributed by atoms with E-state index in [9.17, 15) is 19.1 Å². The van der Waals surface area contributed by atoms with Crippen molar-refractivity contribution in [2.45, 2.75) is 18.9 Å². The highest BCUT2D eigenvalue weighted by Gasteiger charge is 2.20. The minimum Gasteiger partial charge on any atom is -0.480 e. The first kappa shape index (κ1) is 19.4. The van der Waals surface area contributed by atoms with Crippen molar-refractivity contribution in [3.63, 3.8) is 0 Å². The van der Waals surface area contributed by atoms with E-state index in [1.807, 2.05) is 0 Å². The molecule has 0 spiro atoms. The van der Waals surface area contributed by atoms with Crippen LogP contribution in [-0.2, 0) is 15.6 Å². The lowest BCUT2D eigenvalue weighted by atomic mass is 10.2. The first-order chi connectivity index (χ1) is 8.66.